The maximum Gasteiger partial charge on any atom is 0.261 e. The van der Waals surface area contributed by atoms with Gasteiger partial charge in [-0.15, -0.1) is 0 Å². The number of ether oxygens (including phenoxy) is 1. The minimum absolute atomic E-state index is 0.175. The first kappa shape index (κ1) is 24.0. The Hall–Kier alpha value is -2.62. The maximum absolute atomic E-state index is 12.9. The number of rotatable bonds is 9. The van der Waals surface area contributed by atoms with Crippen LogP contribution in [0.3, 0.4) is 0 Å². The lowest BCUT2D eigenvalue weighted by Crippen LogP contribution is -2.38. The Morgan fingerprint density at radius 2 is 1.78 bits per heavy atom. The predicted octanol–water partition coefficient (Wildman–Crippen LogP) is 2.31. The average molecular weight is 461 g/mol. The van der Waals surface area contributed by atoms with Gasteiger partial charge in [0.05, 0.1) is 23.7 Å². The van der Waals surface area contributed by atoms with E-state index in [0.29, 0.717) is 23.5 Å². The summed E-state index contributed by atoms with van der Waals surface area (Å²) in [6, 6.07) is 11.6. The van der Waals surface area contributed by atoms with E-state index in [1.165, 1.54) is 0 Å². The molecule has 2 aromatic rings. The Balaban J connectivity index is 1.68. The van der Waals surface area contributed by atoms with E-state index >= 15 is 0 Å². The summed E-state index contributed by atoms with van der Waals surface area (Å²) >= 11 is 0. The number of anilines is 2. The van der Waals surface area contributed by atoms with E-state index in [1.54, 1.807) is 42.5 Å². The zero-order valence-corrected chi connectivity index (χ0v) is 19.7. The van der Waals surface area contributed by atoms with Crippen molar-refractivity contribution < 1.29 is 17.9 Å². The number of hydrogen-bond acceptors (Lipinski definition) is 6. The third kappa shape index (κ3) is 6.44. The standard InChI is InChI=1S/C23H32N4O4S/c1-18-5-8-20(9-6-18)32(29,30)25-19-7-10-22(26(2)3)21(17-19)23(28)24-11-4-12-27-13-15-31-16-14-27/h5-10,17,25H,4,11-16H2,1-3H3,(H,24,28). The SMILES string of the molecule is Cc1ccc(S(=O)(=O)Nc2ccc(N(C)C)c(C(=O)NCCCN3CCOCC3)c2)cc1. The molecule has 1 aliphatic rings. The molecule has 1 saturated heterocycles. The zero-order valence-electron chi connectivity index (χ0n) is 18.9. The van der Waals surface area contributed by atoms with E-state index in [9.17, 15) is 13.2 Å². The second-order valence-electron chi connectivity index (χ2n) is 8.11. The molecule has 2 N–H and O–H groups in total. The van der Waals surface area contributed by atoms with Gasteiger partial charge in [0.1, 0.15) is 0 Å². The van der Waals surface area contributed by atoms with Gasteiger partial charge in [-0.3, -0.25) is 14.4 Å². The van der Waals surface area contributed by atoms with Crippen LogP contribution in [0.5, 0.6) is 0 Å². The number of nitrogens with zero attached hydrogens (tertiary/aromatic N) is 2. The first-order valence-corrected chi connectivity index (χ1v) is 12.2. The molecule has 174 valence electrons. The van der Waals surface area contributed by atoms with E-state index in [1.807, 2.05) is 25.9 Å². The van der Waals surface area contributed by atoms with Crippen molar-refractivity contribution in [2.24, 2.45) is 0 Å². The molecule has 3 rings (SSSR count). The first-order chi connectivity index (χ1) is 15.3. The van der Waals surface area contributed by atoms with Gasteiger partial charge in [0.2, 0.25) is 0 Å². The molecule has 1 heterocycles. The van der Waals surface area contributed by atoms with Crippen LogP contribution >= 0.6 is 0 Å². The number of morpholine rings is 1. The van der Waals surface area contributed by atoms with Crippen molar-refractivity contribution in [3.05, 3.63) is 53.6 Å². The molecule has 8 nitrogen and oxygen atoms in total. The number of carbonyl (C=O) groups is 1. The molecule has 0 bridgehead atoms. The van der Waals surface area contributed by atoms with Crippen molar-refractivity contribution >= 4 is 27.3 Å². The van der Waals surface area contributed by atoms with Gasteiger partial charge in [-0.1, -0.05) is 17.7 Å². The van der Waals surface area contributed by atoms with E-state index in [2.05, 4.69) is 14.9 Å². The molecule has 0 saturated carbocycles. The van der Waals surface area contributed by atoms with Crippen molar-refractivity contribution in [2.75, 3.05) is 63.1 Å². The number of aryl methyl sites for hydroxylation is 1. The van der Waals surface area contributed by atoms with Crippen LogP contribution in [0.1, 0.15) is 22.3 Å². The van der Waals surface area contributed by atoms with Crippen LogP contribution in [0.4, 0.5) is 11.4 Å². The van der Waals surface area contributed by atoms with Crippen LogP contribution in [-0.4, -0.2) is 72.7 Å². The largest absolute Gasteiger partial charge is 0.379 e. The van der Waals surface area contributed by atoms with Crippen LogP contribution in [-0.2, 0) is 14.8 Å². The molecule has 0 aromatic heterocycles. The van der Waals surface area contributed by atoms with Crippen LogP contribution < -0.4 is 14.9 Å². The third-order valence-electron chi connectivity index (χ3n) is 5.35. The summed E-state index contributed by atoms with van der Waals surface area (Å²) in [4.78, 5) is 17.2. The van der Waals surface area contributed by atoms with Gasteiger partial charge in [-0.2, -0.15) is 0 Å². The quantitative estimate of drug-likeness (QED) is 0.558. The van der Waals surface area contributed by atoms with Gasteiger partial charge in [0, 0.05) is 45.1 Å². The number of hydrogen-bond donors (Lipinski definition) is 2. The van der Waals surface area contributed by atoms with Crippen molar-refractivity contribution in [3.8, 4) is 0 Å². The Bertz CT molecular complexity index is 1020. The molecular formula is C23H32N4O4S. The molecule has 0 spiro atoms. The maximum atomic E-state index is 12.9. The number of carbonyl (C=O) groups excluding carboxylic acids is 1. The van der Waals surface area contributed by atoms with Crippen molar-refractivity contribution in [1.29, 1.82) is 0 Å². The van der Waals surface area contributed by atoms with Crippen LogP contribution in [0.15, 0.2) is 47.4 Å². The average Bonchev–Trinajstić information content (AvgIpc) is 2.77. The number of amides is 1. The van der Waals surface area contributed by atoms with Gasteiger partial charge >= 0.3 is 0 Å². The number of nitrogens with one attached hydrogen (secondary N) is 2. The van der Waals surface area contributed by atoms with E-state index < -0.39 is 10.0 Å². The van der Waals surface area contributed by atoms with E-state index in [-0.39, 0.29) is 10.8 Å². The Labute approximate surface area is 190 Å². The Kier molecular flexibility index (Phi) is 8.11. The number of benzene rings is 2. The number of sulfonamides is 1. The molecular weight excluding hydrogens is 428 g/mol. The fraction of sp³-hybridized carbons (Fsp3) is 0.435. The lowest BCUT2D eigenvalue weighted by molar-refractivity contribution is 0.0374. The molecule has 0 aliphatic carbocycles. The molecule has 1 fully saturated rings. The minimum Gasteiger partial charge on any atom is -0.379 e. The minimum atomic E-state index is -3.75. The van der Waals surface area contributed by atoms with Crippen molar-refractivity contribution in [3.63, 3.8) is 0 Å². The van der Waals surface area contributed by atoms with Crippen LogP contribution in [0.25, 0.3) is 0 Å². The molecule has 32 heavy (non-hydrogen) atoms. The molecule has 1 amide bonds. The monoisotopic (exact) mass is 460 g/mol. The first-order valence-electron chi connectivity index (χ1n) is 10.8. The summed E-state index contributed by atoms with van der Waals surface area (Å²) in [5.41, 5.74) is 2.46. The van der Waals surface area contributed by atoms with Gasteiger partial charge in [0.15, 0.2) is 0 Å². The topological polar surface area (TPSA) is 91.0 Å². The fourth-order valence-corrected chi connectivity index (χ4v) is 4.58. The Morgan fingerprint density at radius 3 is 2.44 bits per heavy atom. The predicted molar refractivity (Wildman–Crippen MR) is 127 cm³/mol. The molecule has 9 heteroatoms. The lowest BCUT2D eigenvalue weighted by atomic mass is 10.1. The second-order valence-corrected chi connectivity index (χ2v) is 9.79. The zero-order chi connectivity index (χ0) is 23.1. The van der Waals surface area contributed by atoms with Gasteiger partial charge in [-0.05, 0) is 50.2 Å². The smallest absolute Gasteiger partial charge is 0.261 e. The van der Waals surface area contributed by atoms with Gasteiger partial charge in [-0.25, -0.2) is 8.42 Å². The van der Waals surface area contributed by atoms with E-state index in [0.717, 1.165) is 44.8 Å². The second kappa shape index (κ2) is 10.8. The highest BCUT2D eigenvalue weighted by atomic mass is 32.2. The van der Waals surface area contributed by atoms with E-state index in [4.69, 9.17) is 4.74 Å². The summed E-state index contributed by atoms with van der Waals surface area (Å²) < 4.78 is 33.4. The highest BCUT2D eigenvalue weighted by Gasteiger charge is 2.18. The molecule has 0 radical (unpaired) electrons. The highest BCUT2D eigenvalue weighted by Crippen LogP contribution is 2.25. The summed E-state index contributed by atoms with van der Waals surface area (Å²) in [7, 11) is -0.0542. The summed E-state index contributed by atoms with van der Waals surface area (Å²) in [6.45, 7) is 6.69. The van der Waals surface area contributed by atoms with Gasteiger partial charge < -0.3 is 15.0 Å². The fourth-order valence-electron chi connectivity index (χ4n) is 3.53. The van der Waals surface area contributed by atoms with Crippen LogP contribution in [0, 0.1) is 6.92 Å². The third-order valence-corrected chi connectivity index (χ3v) is 6.74. The van der Waals surface area contributed by atoms with Crippen molar-refractivity contribution in [1.82, 2.24) is 10.2 Å². The summed E-state index contributed by atoms with van der Waals surface area (Å²) in [6.07, 6.45) is 0.836. The lowest BCUT2D eigenvalue weighted by Gasteiger charge is -2.26. The molecule has 0 unspecified atom stereocenters. The molecule has 2 aromatic carbocycles. The van der Waals surface area contributed by atoms with Crippen molar-refractivity contribution in [2.45, 2.75) is 18.2 Å². The normalized spacial score (nSPS) is 14.7. The van der Waals surface area contributed by atoms with Gasteiger partial charge in [0.25, 0.3) is 15.9 Å². The highest BCUT2D eigenvalue weighted by molar-refractivity contribution is 7.92. The summed E-state index contributed by atoms with van der Waals surface area (Å²) in [5, 5.41) is 2.96. The molecule has 1 aliphatic heterocycles. The van der Waals surface area contributed by atoms with Crippen LogP contribution in [0.2, 0.25) is 0 Å². The summed E-state index contributed by atoms with van der Waals surface area (Å²) in [5.74, 6) is -0.230. The Morgan fingerprint density at radius 1 is 1.09 bits per heavy atom. The molecule has 0 atom stereocenters.